The summed E-state index contributed by atoms with van der Waals surface area (Å²) in [6, 6.07) is 4.12. The molecule has 11 heavy (non-hydrogen) atoms. The van der Waals surface area contributed by atoms with E-state index < -0.39 is 5.82 Å². The third-order valence-corrected chi connectivity index (χ3v) is 1.35. The summed E-state index contributed by atoms with van der Waals surface area (Å²) >= 11 is 0. The Labute approximate surface area is 64.9 Å². The molecule has 1 aromatic rings. The van der Waals surface area contributed by atoms with Crippen LogP contribution in [0.3, 0.4) is 0 Å². The summed E-state index contributed by atoms with van der Waals surface area (Å²) in [4.78, 5) is 0. The van der Waals surface area contributed by atoms with Crippen LogP contribution in [0.1, 0.15) is 0 Å². The van der Waals surface area contributed by atoms with Crippen molar-refractivity contribution >= 4 is 12.9 Å². The predicted octanol–water partition coefficient (Wildman–Crippen LogP) is -0.197. The molecule has 4 heteroatoms. The van der Waals surface area contributed by atoms with E-state index in [1.165, 1.54) is 19.2 Å². The van der Waals surface area contributed by atoms with E-state index in [1.54, 1.807) is 6.07 Å². The number of methoxy groups -OCH3 is 1. The van der Waals surface area contributed by atoms with Gasteiger partial charge in [-0.3, -0.25) is 0 Å². The second-order valence-corrected chi connectivity index (χ2v) is 2.16. The van der Waals surface area contributed by atoms with Gasteiger partial charge in [-0.05, 0) is 17.6 Å². The zero-order valence-electron chi connectivity index (χ0n) is 6.17. The molecular formula is C7H8BFO2. The molecule has 0 unspecified atom stereocenters. The van der Waals surface area contributed by atoms with Gasteiger partial charge in [-0.25, -0.2) is 4.39 Å². The average molecular weight is 154 g/mol. The van der Waals surface area contributed by atoms with Gasteiger partial charge in [0, 0.05) is 6.07 Å². The van der Waals surface area contributed by atoms with E-state index >= 15 is 0 Å². The Morgan fingerprint density at radius 1 is 1.45 bits per heavy atom. The molecule has 0 aliphatic carbocycles. The van der Waals surface area contributed by atoms with Gasteiger partial charge in [-0.2, -0.15) is 0 Å². The van der Waals surface area contributed by atoms with Gasteiger partial charge in [0.1, 0.15) is 11.6 Å². The fourth-order valence-electron chi connectivity index (χ4n) is 0.830. The number of ether oxygens (including phenoxy) is 1. The highest BCUT2D eigenvalue weighted by Gasteiger charge is 1.99. The van der Waals surface area contributed by atoms with Crippen LogP contribution in [-0.2, 0) is 0 Å². The summed E-state index contributed by atoms with van der Waals surface area (Å²) in [6.07, 6.45) is 0. The molecule has 0 aromatic heterocycles. The van der Waals surface area contributed by atoms with Crippen molar-refractivity contribution < 1.29 is 14.2 Å². The quantitative estimate of drug-likeness (QED) is 0.598. The molecule has 1 N–H and O–H groups in total. The summed E-state index contributed by atoms with van der Waals surface area (Å²) in [5.41, 5.74) is 0.516. The van der Waals surface area contributed by atoms with E-state index in [9.17, 15) is 4.39 Å². The molecule has 0 atom stereocenters. The average Bonchev–Trinajstić information content (AvgIpc) is 2.03. The Bertz CT molecular complexity index is 230. The summed E-state index contributed by atoms with van der Waals surface area (Å²) in [5.74, 6) is 0.0300. The normalized spacial score (nSPS) is 9.36. The summed E-state index contributed by atoms with van der Waals surface area (Å²) < 4.78 is 17.4. The molecule has 2 nitrogen and oxygen atoms in total. The van der Waals surface area contributed by atoms with Crippen molar-refractivity contribution in [1.29, 1.82) is 0 Å². The molecule has 1 aromatic carbocycles. The second kappa shape index (κ2) is 3.39. The molecule has 0 saturated heterocycles. The van der Waals surface area contributed by atoms with Crippen LogP contribution in [0.2, 0.25) is 0 Å². The number of benzene rings is 1. The highest BCUT2D eigenvalue weighted by atomic mass is 19.1. The lowest BCUT2D eigenvalue weighted by Gasteiger charge is -2.01. The Morgan fingerprint density at radius 3 is 2.73 bits per heavy atom. The molecule has 0 aliphatic rings. The van der Waals surface area contributed by atoms with Gasteiger partial charge in [0.15, 0.2) is 0 Å². The Balaban J connectivity index is 3.02. The van der Waals surface area contributed by atoms with Crippen LogP contribution in [-0.4, -0.2) is 19.6 Å². The highest BCUT2D eigenvalue weighted by molar-refractivity contribution is 6.45. The standard InChI is InChI=1S/C7H8BFO2/c1-11-7-3-5(8-10)2-6(9)4-7/h2-4,8,10H,1H3. The Morgan fingerprint density at radius 2 is 2.18 bits per heavy atom. The maximum Gasteiger partial charge on any atom is 0.305 e. The van der Waals surface area contributed by atoms with Gasteiger partial charge in [-0.1, -0.05) is 0 Å². The number of rotatable bonds is 2. The van der Waals surface area contributed by atoms with Crippen molar-refractivity contribution in [1.82, 2.24) is 0 Å². The second-order valence-electron chi connectivity index (χ2n) is 2.16. The number of hydrogen-bond acceptors (Lipinski definition) is 2. The minimum atomic E-state index is -0.395. The van der Waals surface area contributed by atoms with Crippen molar-refractivity contribution in [3.8, 4) is 5.75 Å². The lowest BCUT2D eigenvalue weighted by Crippen LogP contribution is -2.13. The molecule has 0 fully saturated rings. The number of hydrogen-bond donors (Lipinski definition) is 1. The van der Waals surface area contributed by atoms with Crippen LogP contribution in [0.4, 0.5) is 4.39 Å². The SMILES string of the molecule is COc1cc(F)cc(BO)c1. The van der Waals surface area contributed by atoms with Crippen molar-refractivity contribution in [2.75, 3.05) is 7.11 Å². The lowest BCUT2D eigenvalue weighted by molar-refractivity contribution is 0.411. The van der Waals surface area contributed by atoms with Crippen molar-refractivity contribution in [3.63, 3.8) is 0 Å². The van der Waals surface area contributed by atoms with E-state index in [4.69, 9.17) is 9.76 Å². The Kier molecular flexibility index (Phi) is 2.49. The largest absolute Gasteiger partial charge is 0.497 e. The molecule has 0 spiro atoms. The fourth-order valence-corrected chi connectivity index (χ4v) is 0.830. The first-order valence-corrected chi connectivity index (χ1v) is 3.20. The van der Waals surface area contributed by atoms with E-state index in [0.717, 1.165) is 0 Å². The Hall–Kier alpha value is -1.03. The lowest BCUT2D eigenvalue weighted by atomic mass is 9.89. The first kappa shape index (κ1) is 8.08. The van der Waals surface area contributed by atoms with Gasteiger partial charge in [0.2, 0.25) is 0 Å². The minimum Gasteiger partial charge on any atom is -0.497 e. The highest BCUT2D eigenvalue weighted by Crippen LogP contribution is 2.08. The van der Waals surface area contributed by atoms with E-state index in [2.05, 4.69) is 0 Å². The van der Waals surface area contributed by atoms with Crippen LogP contribution in [0.15, 0.2) is 18.2 Å². The summed E-state index contributed by atoms with van der Waals surface area (Å²) in [7, 11) is 1.28. The molecule has 0 radical (unpaired) electrons. The molecule has 0 aliphatic heterocycles. The molecule has 1 rings (SSSR count). The van der Waals surface area contributed by atoms with Gasteiger partial charge >= 0.3 is 7.48 Å². The van der Waals surface area contributed by atoms with Gasteiger partial charge in [-0.15, -0.1) is 0 Å². The van der Waals surface area contributed by atoms with E-state index in [-0.39, 0.29) is 7.48 Å². The summed E-state index contributed by atoms with van der Waals surface area (Å²) in [6.45, 7) is 0. The monoisotopic (exact) mass is 154 g/mol. The van der Waals surface area contributed by atoms with E-state index in [1.807, 2.05) is 0 Å². The zero-order valence-corrected chi connectivity index (χ0v) is 6.17. The van der Waals surface area contributed by atoms with Crippen LogP contribution in [0.5, 0.6) is 5.75 Å². The van der Waals surface area contributed by atoms with Crippen molar-refractivity contribution in [2.24, 2.45) is 0 Å². The topological polar surface area (TPSA) is 29.5 Å². The predicted molar refractivity (Wildman–Crippen MR) is 42.0 cm³/mol. The first-order chi connectivity index (χ1) is 5.26. The molecule has 0 saturated carbocycles. The third-order valence-electron chi connectivity index (χ3n) is 1.35. The first-order valence-electron chi connectivity index (χ1n) is 3.20. The van der Waals surface area contributed by atoms with E-state index in [0.29, 0.717) is 11.2 Å². The third kappa shape index (κ3) is 1.95. The maximum absolute atomic E-state index is 12.6. The van der Waals surface area contributed by atoms with Crippen LogP contribution in [0.25, 0.3) is 0 Å². The summed E-state index contributed by atoms with van der Waals surface area (Å²) in [5, 5.41) is 8.66. The minimum absolute atomic E-state index is 0.173. The molecular weight excluding hydrogens is 146 g/mol. The molecule has 0 heterocycles. The molecule has 0 amide bonds. The zero-order chi connectivity index (χ0) is 8.27. The van der Waals surface area contributed by atoms with Crippen molar-refractivity contribution in [2.45, 2.75) is 0 Å². The van der Waals surface area contributed by atoms with Gasteiger partial charge in [0.25, 0.3) is 0 Å². The van der Waals surface area contributed by atoms with Crippen molar-refractivity contribution in [3.05, 3.63) is 24.0 Å². The van der Waals surface area contributed by atoms with Gasteiger partial charge in [0.05, 0.1) is 7.11 Å². The number of halogens is 1. The molecule has 0 bridgehead atoms. The van der Waals surface area contributed by atoms with Gasteiger partial charge < -0.3 is 9.76 Å². The smallest absolute Gasteiger partial charge is 0.305 e. The maximum atomic E-state index is 12.6. The van der Waals surface area contributed by atoms with Crippen LogP contribution < -0.4 is 10.2 Å². The van der Waals surface area contributed by atoms with Crippen LogP contribution in [0, 0.1) is 5.82 Å². The molecule has 58 valence electrons. The fraction of sp³-hybridized carbons (Fsp3) is 0.143. The van der Waals surface area contributed by atoms with Crippen LogP contribution >= 0.6 is 0 Å².